The number of nitrogens with one attached hydrogen (secondary N) is 2. The average molecular weight is 1280 g/mol. The number of hydrogen-bond donors (Lipinski definition) is 4. The zero-order valence-corrected chi connectivity index (χ0v) is 53.1. The Balaban J connectivity index is 0.00000251. The molecule has 86 heavy (non-hydrogen) atoms. The first-order valence-corrected chi connectivity index (χ1v) is 30.4. The summed E-state index contributed by atoms with van der Waals surface area (Å²) in [6.45, 7) is 0. The third-order valence-corrected chi connectivity index (χ3v) is 18.3. The Morgan fingerprint density at radius 3 is 0.837 bits per heavy atom. The Morgan fingerprint density at radius 2 is 0.605 bits per heavy atom. The molecule has 6 aromatic carbocycles. The summed E-state index contributed by atoms with van der Waals surface area (Å²) in [5, 5.41) is 72.5. The van der Waals surface area contributed by atoms with E-state index in [1.165, 1.54) is 36.4 Å². The van der Waals surface area contributed by atoms with Crippen LogP contribution < -0.4 is 69.7 Å². The molecule has 0 saturated carbocycles. The molecular weight excluding hydrogens is 1240 g/mol. The molecule has 0 bridgehead atoms. The molecule has 0 fully saturated rings. The van der Waals surface area contributed by atoms with Crippen molar-refractivity contribution in [1.29, 1.82) is 0 Å². The smallest absolute Gasteiger partial charge is 1.00 e. The molecule has 0 amide bonds. The van der Waals surface area contributed by atoms with Gasteiger partial charge >= 0.3 is 59.1 Å². The zero-order valence-electron chi connectivity index (χ0n) is 46.2. The average Bonchev–Trinajstić information content (AvgIpc) is 2.06. The maximum Gasteiger partial charge on any atom is 1.00 e. The van der Waals surface area contributed by atoms with E-state index < -0.39 is 50.0 Å². The van der Waals surface area contributed by atoms with E-state index in [0.29, 0.717) is 42.4 Å². The predicted molar refractivity (Wildman–Crippen MR) is 309 cm³/mol. The van der Waals surface area contributed by atoms with Crippen LogP contribution in [0.15, 0.2) is 282 Å². The molecule has 28 nitrogen and oxygen atoms in total. The van der Waals surface area contributed by atoms with E-state index in [1.54, 1.807) is 12.1 Å². The summed E-state index contributed by atoms with van der Waals surface area (Å²) < 4.78 is 73.9. The van der Waals surface area contributed by atoms with Crippen molar-refractivity contribution in [1.82, 2.24) is 19.9 Å². The van der Waals surface area contributed by atoms with E-state index in [0.717, 1.165) is 59.2 Å². The van der Waals surface area contributed by atoms with Gasteiger partial charge in [0.25, 0.3) is 40.2 Å². The van der Waals surface area contributed by atoms with Crippen LogP contribution in [0.1, 0.15) is 36.2 Å². The molecular formula is C50H36N22Na2O6S6. The van der Waals surface area contributed by atoms with Crippen molar-refractivity contribution < 1.29 is 87.9 Å². The number of thioether (sulfide) groups is 4. The molecule has 0 unspecified atom stereocenters. The maximum atomic E-state index is 13.2. The molecule has 420 valence electrons. The number of anilines is 4. The van der Waals surface area contributed by atoms with Crippen LogP contribution in [-0.2, 0) is 40.2 Å². The van der Waals surface area contributed by atoms with Crippen molar-refractivity contribution in [2.75, 3.05) is 10.6 Å². The Bertz CT molecular complexity index is 3890. The van der Waals surface area contributed by atoms with Crippen LogP contribution in [0, 0.1) is 0 Å². The molecule has 4 aliphatic heterocycles. The van der Waals surface area contributed by atoms with E-state index in [9.17, 15) is 25.9 Å². The molecule has 6 heterocycles. The van der Waals surface area contributed by atoms with E-state index in [4.69, 9.17) is 19.9 Å². The van der Waals surface area contributed by atoms with Crippen LogP contribution in [0.25, 0.3) is 12.2 Å². The summed E-state index contributed by atoms with van der Waals surface area (Å²) >= 11 is 4.38. The van der Waals surface area contributed by atoms with Gasteiger partial charge in [0.2, 0.25) is 11.9 Å². The third-order valence-electron chi connectivity index (χ3n) is 12.1. The maximum absolute atomic E-state index is 13.2. The fraction of sp³-hybridized carbons (Fsp3) is 0.0800. The summed E-state index contributed by atoms with van der Waals surface area (Å²) in [4.78, 5) is 12.3. The predicted octanol–water partition coefficient (Wildman–Crippen LogP) is 8.59. The second-order valence-corrected chi connectivity index (χ2v) is 25.1. The largest absolute Gasteiger partial charge is 1.00 e. The Morgan fingerprint density at radius 1 is 0.360 bits per heavy atom. The van der Waals surface area contributed by atoms with Gasteiger partial charge in [-0.25, -0.2) is 19.9 Å². The zero-order chi connectivity index (χ0) is 57.8. The first-order chi connectivity index (χ1) is 40.7. The molecule has 4 aliphatic rings. The molecule has 4 N–H and O–H groups in total. The van der Waals surface area contributed by atoms with Crippen molar-refractivity contribution in [2.45, 2.75) is 49.9 Å². The summed E-state index contributed by atoms with van der Waals surface area (Å²) in [7, 11) is -9.98. The van der Waals surface area contributed by atoms with Gasteiger partial charge in [0.05, 0.1) is 0 Å². The Labute approximate surface area is 551 Å². The molecule has 0 radical (unpaired) electrons. The van der Waals surface area contributed by atoms with Crippen LogP contribution in [0.5, 0.6) is 0 Å². The Kier molecular flexibility index (Phi) is 18.7. The van der Waals surface area contributed by atoms with Crippen molar-refractivity contribution in [3.8, 4) is 0 Å². The van der Waals surface area contributed by atoms with Gasteiger partial charge in [0.1, 0.15) is 29.9 Å². The van der Waals surface area contributed by atoms with Crippen LogP contribution >= 0.6 is 47.0 Å². The Hall–Kier alpha value is -7.16. The minimum Gasteiger partial charge on any atom is -1.00 e. The molecule has 0 spiro atoms. The van der Waals surface area contributed by atoms with Crippen molar-refractivity contribution >= 4 is 103 Å². The van der Waals surface area contributed by atoms with Crippen molar-refractivity contribution in [3.63, 3.8) is 0 Å². The fourth-order valence-electron chi connectivity index (χ4n) is 8.30. The van der Waals surface area contributed by atoms with Gasteiger partial charge in [-0.3, -0.25) is 9.11 Å². The first-order valence-electron chi connectivity index (χ1n) is 24.2. The van der Waals surface area contributed by atoms with Crippen LogP contribution in [-0.4, -0.2) is 45.9 Å². The number of nitrogens with zero attached hydrogens (tertiary/aromatic N) is 20. The molecule has 0 saturated heterocycles. The van der Waals surface area contributed by atoms with Gasteiger partial charge in [-0.05, 0) is 124 Å². The molecule has 8 aromatic rings. The standard InChI is InChI=1S/C50H34N22O6S6.2Na.2H/c73-83(74,75)39-27-37(51-45-53-41(79-47(57-65-66-58-47)33-13-5-1-6-14-33)29-42(54-45)80-48(59-67-68-60-48)34-15-7-2-8-16-34)25-23-31(39)21-22-32-24-26-38(28-40(32)84(76,77)78)52-46-55-43(81-49(61-69-70-62-49)35-17-9-3-10-18-35)30-44(56-46)82-50(63-71-72-64-50)36-19-11-4-12-20-36;;;;/h1-30H,(H,51,53,54)(H,52,55,56)(H,73,74,75)(H,76,77,78);;;;/q;2*+1;2*-1. The van der Waals surface area contributed by atoms with Gasteiger partial charge in [-0.1, -0.05) is 146 Å². The molecule has 36 heteroatoms. The first kappa shape index (κ1) is 61.9. The number of benzene rings is 6. The molecule has 2 aromatic heterocycles. The molecule has 0 aliphatic carbocycles. The van der Waals surface area contributed by atoms with Gasteiger partial charge in [0.15, 0.2) is 0 Å². The minimum absolute atomic E-state index is 0. The van der Waals surface area contributed by atoms with E-state index >= 15 is 0 Å². The van der Waals surface area contributed by atoms with Crippen LogP contribution in [0.2, 0.25) is 0 Å². The van der Waals surface area contributed by atoms with Crippen LogP contribution in [0.3, 0.4) is 0 Å². The topological polar surface area (TPSA) is 382 Å². The second-order valence-electron chi connectivity index (χ2n) is 17.6. The normalized spacial score (nSPS) is 16.2. The molecule has 0 atom stereocenters. The number of aromatic nitrogens is 4. The van der Waals surface area contributed by atoms with Crippen LogP contribution in [0.4, 0.5) is 23.3 Å². The number of rotatable bonds is 20. The monoisotopic (exact) mass is 1280 g/mol. The summed E-state index contributed by atoms with van der Waals surface area (Å²) in [5.41, 5.74) is 2.65. The van der Waals surface area contributed by atoms with Gasteiger partial charge in [-0.2, -0.15) is 16.8 Å². The minimum atomic E-state index is -4.99. The van der Waals surface area contributed by atoms with Crippen molar-refractivity contribution in [3.05, 3.63) is 203 Å². The summed E-state index contributed by atoms with van der Waals surface area (Å²) in [6.07, 6.45) is 2.50. The molecule has 12 rings (SSSR count). The summed E-state index contributed by atoms with van der Waals surface area (Å²) in [6, 6.07) is 47.7. The quantitative estimate of drug-likeness (QED) is 0.0240. The fourth-order valence-corrected chi connectivity index (χ4v) is 13.9. The van der Waals surface area contributed by atoms with Gasteiger partial charge in [0, 0.05) is 45.8 Å². The number of hydrogen-bond acceptors (Lipinski definition) is 30. The van der Waals surface area contributed by atoms with Gasteiger partial charge in [-0.15, -0.1) is 40.9 Å². The summed E-state index contributed by atoms with van der Waals surface area (Å²) in [5.74, 6) is -0.0828. The van der Waals surface area contributed by atoms with Crippen molar-refractivity contribution in [2.24, 2.45) is 82.7 Å². The van der Waals surface area contributed by atoms with E-state index in [2.05, 4.69) is 93.3 Å². The third kappa shape index (κ3) is 13.7. The van der Waals surface area contributed by atoms with E-state index in [1.807, 2.05) is 121 Å². The second kappa shape index (κ2) is 26.0. The van der Waals surface area contributed by atoms with E-state index in [-0.39, 0.29) is 96.4 Å². The SMILES string of the molecule is O=S(=O)(O)c1cc(Nc2nc(SC3(c4ccccc4)N=NN=N3)cc(SC3(c4ccccc4)N=NN=N3)n2)ccc1C=Cc1ccc(Nc2nc(SC3(c4ccccc4)N=NN=N3)cc(SC3(c4ccccc4)N=NN=N3)n2)cc1S(=O)(=O)O.[H-].[H-].[Na+].[Na+]. The van der Waals surface area contributed by atoms with Gasteiger partial charge < -0.3 is 13.5 Å².